The summed E-state index contributed by atoms with van der Waals surface area (Å²) in [6.45, 7) is 2.30. The molecular weight excluding hydrogens is 250 g/mol. The molecule has 1 amide bonds. The number of nitrogens with one attached hydrogen (secondary N) is 1. The maximum Gasteiger partial charge on any atom is 0.230 e. The van der Waals surface area contributed by atoms with Crippen LogP contribution in [0.1, 0.15) is 11.5 Å². The summed E-state index contributed by atoms with van der Waals surface area (Å²) in [5.74, 6) is 1.02. The number of aromatic nitrogens is 2. The number of thioether (sulfide) groups is 1. The van der Waals surface area contributed by atoms with E-state index in [1.165, 1.54) is 18.1 Å². The van der Waals surface area contributed by atoms with Gasteiger partial charge in [0.2, 0.25) is 5.91 Å². The molecule has 0 spiro atoms. The Hall–Kier alpha value is -1.82. The second-order valence-electron chi connectivity index (χ2n) is 3.64. The number of rotatable bonds is 5. The SMILES string of the molecule is Cc1cc(SCC(=O)NCc2ccco2)ncn1. The van der Waals surface area contributed by atoms with Crippen LogP contribution in [0.3, 0.4) is 0 Å². The number of hydrogen-bond donors (Lipinski definition) is 1. The topological polar surface area (TPSA) is 68.0 Å². The highest BCUT2D eigenvalue weighted by Crippen LogP contribution is 2.14. The fourth-order valence-corrected chi connectivity index (χ4v) is 2.05. The number of aryl methyl sites for hydroxylation is 1. The minimum Gasteiger partial charge on any atom is -0.467 e. The van der Waals surface area contributed by atoms with Gasteiger partial charge in [0.1, 0.15) is 17.1 Å². The second kappa shape index (κ2) is 6.20. The Bertz CT molecular complexity index is 514. The zero-order valence-electron chi connectivity index (χ0n) is 9.92. The zero-order valence-corrected chi connectivity index (χ0v) is 10.7. The minimum absolute atomic E-state index is 0.0485. The molecule has 5 nitrogen and oxygen atoms in total. The summed E-state index contributed by atoms with van der Waals surface area (Å²) >= 11 is 1.39. The zero-order chi connectivity index (χ0) is 12.8. The number of hydrogen-bond acceptors (Lipinski definition) is 5. The maximum atomic E-state index is 11.6. The van der Waals surface area contributed by atoms with Gasteiger partial charge in [-0.05, 0) is 25.1 Å². The Morgan fingerprint density at radius 1 is 1.50 bits per heavy atom. The van der Waals surface area contributed by atoms with Gasteiger partial charge in [-0.25, -0.2) is 9.97 Å². The van der Waals surface area contributed by atoms with Gasteiger partial charge in [0.25, 0.3) is 0 Å². The van der Waals surface area contributed by atoms with Crippen LogP contribution in [0.2, 0.25) is 0 Å². The molecule has 1 N–H and O–H groups in total. The average Bonchev–Trinajstić information content (AvgIpc) is 2.87. The largest absolute Gasteiger partial charge is 0.467 e. The van der Waals surface area contributed by atoms with E-state index in [0.717, 1.165) is 16.5 Å². The molecule has 0 radical (unpaired) electrons. The van der Waals surface area contributed by atoms with Crippen molar-refractivity contribution in [2.75, 3.05) is 5.75 Å². The molecule has 0 aliphatic rings. The first-order valence-corrected chi connectivity index (χ1v) is 6.43. The summed E-state index contributed by atoms with van der Waals surface area (Å²) in [7, 11) is 0. The van der Waals surface area contributed by atoms with E-state index < -0.39 is 0 Å². The van der Waals surface area contributed by atoms with Crippen molar-refractivity contribution < 1.29 is 9.21 Å². The first-order valence-electron chi connectivity index (χ1n) is 5.44. The van der Waals surface area contributed by atoms with Crippen molar-refractivity contribution in [1.82, 2.24) is 15.3 Å². The predicted molar refractivity (Wildman–Crippen MR) is 68.0 cm³/mol. The second-order valence-corrected chi connectivity index (χ2v) is 4.64. The third kappa shape index (κ3) is 3.89. The van der Waals surface area contributed by atoms with Gasteiger partial charge in [0.05, 0.1) is 18.6 Å². The van der Waals surface area contributed by atoms with E-state index in [1.54, 1.807) is 12.3 Å². The Morgan fingerprint density at radius 2 is 2.39 bits per heavy atom. The van der Waals surface area contributed by atoms with Crippen molar-refractivity contribution in [3.05, 3.63) is 42.2 Å². The predicted octanol–water partition coefficient (Wildman–Crippen LogP) is 1.79. The molecule has 2 heterocycles. The normalized spacial score (nSPS) is 10.3. The Morgan fingerprint density at radius 3 is 3.11 bits per heavy atom. The fourth-order valence-electron chi connectivity index (χ4n) is 1.30. The van der Waals surface area contributed by atoms with Gasteiger partial charge in [0.15, 0.2) is 0 Å². The lowest BCUT2D eigenvalue weighted by Crippen LogP contribution is -2.24. The van der Waals surface area contributed by atoms with Crippen LogP contribution < -0.4 is 5.32 Å². The maximum absolute atomic E-state index is 11.6. The van der Waals surface area contributed by atoms with Gasteiger partial charge >= 0.3 is 0 Å². The van der Waals surface area contributed by atoms with Gasteiger partial charge in [-0.3, -0.25) is 4.79 Å². The molecule has 0 aromatic carbocycles. The number of carbonyl (C=O) groups is 1. The molecule has 0 aliphatic heterocycles. The molecule has 94 valence electrons. The van der Waals surface area contributed by atoms with Gasteiger partial charge in [-0.2, -0.15) is 0 Å². The molecule has 0 bridgehead atoms. The van der Waals surface area contributed by atoms with Crippen molar-refractivity contribution in [3.63, 3.8) is 0 Å². The highest BCUT2D eigenvalue weighted by molar-refractivity contribution is 7.99. The average molecular weight is 263 g/mol. The van der Waals surface area contributed by atoms with Crippen LogP contribution in [-0.2, 0) is 11.3 Å². The van der Waals surface area contributed by atoms with Crippen LogP contribution >= 0.6 is 11.8 Å². The fraction of sp³-hybridized carbons (Fsp3) is 0.250. The molecule has 0 aliphatic carbocycles. The Balaban J connectivity index is 1.75. The van der Waals surface area contributed by atoms with E-state index in [9.17, 15) is 4.79 Å². The number of nitrogens with zero attached hydrogens (tertiary/aromatic N) is 2. The molecule has 2 aromatic heterocycles. The molecule has 0 atom stereocenters. The van der Waals surface area contributed by atoms with E-state index in [0.29, 0.717) is 12.3 Å². The molecule has 2 aromatic rings. The molecule has 0 fully saturated rings. The van der Waals surface area contributed by atoms with Gasteiger partial charge < -0.3 is 9.73 Å². The molecule has 6 heteroatoms. The quantitative estimate of drug-likeness (QED) is 0.658. The molecular formula is C12H13N3O2S. The molecule has 0 saturated heterocycles. The molecule has 0 unspecified atom stereocenters. The van der Waals surface area contributed by atoms with Crippen molar-refractivity contribution in [2.24, 2.45) is 0 Å². The minimum atomic E-state index is -0.0485. The molecule has 18 heavy (non-hydrogen) atoms. The van der Waals surface area contributed by atoms with E-state index >= 15 is 0 Å². The summed E-state index contributed by atoms with van der Waals surface area (Å²) in [5.41, 5.74) is 0.892. The van der Waals surface area contributed by atoms with Crippen molar-refractivity contribution >= 4 is 17.7 Å². The Kier molecular flexibility index (Phi) is 4.35. The highest BCUT2D eigenvalue weighted by atomic mass is 32.2. The van der Waals surface area contributed by atoms with Gasteiger partial charge in [-0.1, -0.05) is 11.8 Å². The van der Waals surface area contributed by atoms with Crippen molar-refractivity contribution in [1.29, 1.82) is 0 Å². The van der Waals surface area contributed by atoms with E-state index in [2.05, 4.69) is 15.3 Å². The monoisotopic (exact) mass is 263 g/mol. The van der Waals surface area contributed by atoms with Crippen LogP contribution in [0.5, 0.6) is 0 Å². The Labute approximate surface area is 109 Å². The highest BCUT2D eigenvalue weighted by Gasteiger charge is 2.05. The number of carbonyl (C=O) groups excluding carboxylic acids is 1. The van der Waals surface area contributed by atoms with Crippen LogP contribution in [-0.4, -0.2) is 21.6 Å². The number of amides is 1. The smallest absolute Gasteiger partial charge is 0.230 e. The summed E-state index contributed by atoms with van der Waals surface area (Å²) < 4.78 is 5.12. The molecule has 0 saturated carbocycles. The van der Waals surface area contributed by atoms with Crippen LogP contribution in [0.15, 0.2) is 40.2 Å². The summed E-state index contributed by atoms with van der Waals surface area (Å²) in [4.78, 5) is 19.7. The lowest BCUT2D eigenvalue weighted by Gasteiger charge is -2.03. The first kappa shape index (κ1) is 12.6. The summed E-state index contributed by atoms with van der Waals surface area (Å²) in [6, 6.07) is 5.46. The van der Waals surface area contributed by atoms with E-state index in [-0.39, 0.29) is 5.91 Å². The standard InChI is InChI=1S/C12H13N3O2S/c1-9-5-12(15-8-14-9)18-7-11(16)13-6-10-3-2-4-17-10/h2-5,8H,6-7H2,1H3,(H,13,16). The molecule has 2 rings (SSSR count). The van der Waals surface area contributed by atoms with Crippen LogP contribution in [0.4, 0.5) is 0 Å². The summed E-state index contributed by atoms with van der Waals surface area (Å²) in [6.07, 6.45) is 3.08. The number of furan rings is 1. The van der Waals surface area contributed by atoms with Crippen molar-refractivity contribution in [3.8, 4) is 0 Å². The lowest BCUT2D eigenvalue weighted by molar-refractivity contribution is -0.118. The third-order valence-electron chi connectivity index (χ3n) is 2.17. The third-order valence-corrected chi connectivity index (χ3v) is 3.10. The van der Waals surface area contributed by atoms with Gasteiger partial charge in [0, 0.05) is 5.69 Å². The summed E-state index contributed by atoms with van der Waals surface area (Å²) in [5, 5.41) is 3.57. The van der Waals surface area contributed by atoms with Crippen molar-refractivity contribution in [2.45, 2.75) is 18.5 Å². The lowest BCUT2D eigenvalue weighted by atomic mass is 10.4. The van der Waals surface area contributed by atoms with Crippen LogP contribution in [0, 0.1) is 6.92 Å². The van der Waals surface area contributed by atoms with Crippen LogP contribution in [0.25, 0.3) is 0 Å². The first-order chi connectivity index (χ1) is 8.74. The van der Waals surface area contributed by atoms with E-state index in [1.807, 2.05) is 19.1 Å². The van der Waals surface area contributed by atoms with E-state index in [4.69, 9.17) is 4.42 Å². The van der Waals surface area contributed by atoms with Gasteiger partial charge in [-0.15, -0.1) is 0 Å².